The number of rotatable bonds is 15. The van der Waals surface area contributed by atoms with Gasteiger partial charge in [-0.05, 0) is 24.1 Å². The van der Waals surface area contributed by atoms with Crippen molar-refractivity contribution in [1.82, 2.24) is 19.6 Å². The molecule has 1 N–H and O–H groups in total. The molecule has 0 bridgehead atoms. The summed E-state index contributed by atoms with van der Waals surface area (Å²) in [5.74, 6) is -5.96. The van der Waals surface area contributed by atoms with Gasteiger partial charge in [0.1, 0.15) is 18.1 Å². The van der Waals surface area contributed by atoms with Gasteiger partial charge in [-0.2, -0.15) is 8.78 Å². The van der Waals surface area contributed by atoms with E-state index in [1.165, 1.54) is 33.5 Å². The molecule has 2 atom stereocenters. The second-order valence-electron chi connectivity index (χ2n) is 10.9. The molecule has 0 aromatic heterocycles. The van der Waals surface area contributed by atoms with Crippen LogP contribution >= 0.6 is 0 Å². The molecule has 1 aliphatic rings. The van der Waals surface area contributed by atoms with Crippen molar-refractivity contribution >= 4 is 24.2 Å². The van der Waals surface area contributed by atoms with Crippen LogP contribution in [0.2, 0.25) is 0 Å². The van der Waals surface area contributed by atoms with Crippen LogP contribution in [0.15, 0.2) is 24.3 Å². The second kappa shape index (κ2) is 20.1. The van der Waals surface area contributed by atoms with Gasteiger partial charge in [-0.25, -0.2) is 8.78 Å². The number of carbonyl (C=O) groups is 4. The SMILES string of the molecule is COC(=O)CN1CCN(C(C=O)Cc2ccc(OCC(F)(F)C(F)F)cc2)CCN(CC(=O)OC)CCN(C(CO)C(=O)OC)CC1. The number of methoxy groups -OCH3 is 3. The Morgan fingerprint density at radius 2 is 1.32 bits per heavy atom. The largest absolute Gasteiger partial charge is 0.487 e. The van der Waals surface area contributed by atoms with Crippen molar-refractivity contribution in [2.24, 2.45) is 0 Å². The van der Waals surface area contributed by atoms with E-state index in [1.54, 1.807) is 26.8 Å². The van der Waals surface area contributed by atoms with Gasteiger partial charge < -0.3 is 28.8 Å². The zero-order valence-corrected chi connectivity index (χ0v) is 26.8. The van der Waals surface area contributed by atoms with Crippen LogP contribution in [0.3, 0.4) is 0 Å². The van der Waals surface area contributed by atoms with E-state index in [2.05, 4.69) is 0 Å². The highest BCUT2D eigenvalue weighted by Crippen LogP contribution is 2.24. The van der Waals surface area contributed by atoms with Crippen molar-refractivity contribution in [1.29, 1.82) is 0 Å². The van der Waals surface area contributed by atoms with Gasteiger partial charge in [0.15, 0.2) is 6.61 Å². The van der Waals surface area contributed by atoms with Crippen molar-refractivity contribution in [2.45, 2.75) is 30.9 Å². The first kappa shape index (κ1) is 39.8. The summed E-state index contributed by atoms with van der Waals surface area (Å²) in [5, 5.41) is 9.98. The number of esters is 3. The number of aliphatic hydroxyl groups excluding tert-OH is 1. The van der Waals surface area contributed by atoms with Crippen LogP contribution < -0.4 is 4.74 Å². The number of aliphatic hydroxyl groups is 1. The number of ether oxygens (including phenoxy) is 4. The molecule has 0 radical (unpaired) electrons. The summed E-state index contributed by atoms with van der Waals surface area (Å²) in [6.07, 6.45) is -2.90. The van der Waals surface area contributed by atoms with Crippen LogP contribution in [0.4, 0.5) is 17.6 Å². The predicted octanol–water partition coefficient (Wildman–Crippen LogP) is 0.177. The summed E-state index contributed by atoms with van der Waals surface area (Å²) in [4.78, 5) is 56.5. The lowest BCUT2D eigenvalue weighted by Crippen LogP contribution is -2.53. The van der Waals surface area contributed by atoms with E-state index in [-0.39, 0.29) is 51.4 Å². The fourth-order valence-electron chi connectivity index (χ4n) is 4.92. The number of hydrogen-bond donors (Lipinski definition) is 1. The predicted molar refractivity (Wildman–Crippen MR) is 159 cm³/mol. The van der Waals surface area contributed by atoms with Crippen molar-refractivity contribution in [3.05, 3.63) is 29.8 Å². The molecule has 13 nitrogen and oxygen atoms in total. The van der Waals surface area contributed by atoms with Gasteiger partial charge in [0.25, 0.3) is 0 Å². The minimum absolute atomic E-state index is 0.0374. The van der Waals surface area contributed by atoms with E-state index in [1.807, 2.05) is 4.90 Å². The number of hydrogen-bond acceptors (Lipinski definition) is 13. The maximum atomic E-state index is 13.2. The molecule has 1 heterocycles. The smallest absolute Gasteiger partial charge is 0.340 e. The Kier molecular flexibility index (Phi) is 17.0. The quantitative estimate of drug-likeness (QED) is 0.117. The topological polar surface area (TPSA) is 138 Å². The molecule has 1 saturated heterocycles. The highest BCUT2D eigenvalue weighted by molar-refractivity contribution is 5.75. The summed E-state index contributed by atoms with van der Waals surface area (Å²) in [7, 11) is 3.73. The van der Waals surface area contributed by atoms with Gasteiger partial charge in [-0.15, -0.1) is 0 Å². The number of aldehydes is 1. The lowest BCUT2D eigenvalue weighted by atomic mass is 10.0. The van der Waals surface area contributed by atoms with E-state index >= 15 is 0 Å². The van der Waals surface area contributed by atoms with Crippen molar-refractivity contribution in [3.8, 4) is 5.75 Å². The molecule has 1 aliphatic heterocycles. The highest BCUT2D eigenvalue weighted by Gasteiger charge is 2.41. The zero-order chi connectivity index (χ0) is 35.0. The van der Waals surface area contributed by atoms with Gasteiger partial charge in [-0.3, -0.25) is 34.0 Å². The van der Waals surface area contributed by atoms with Crippen LogP contribution in [0, 0.1) is 0 Å². The van der Waals surface area contributed by atoms with Crippen molar-refractivity contribution in [3.63, 3.8) is 0 Å². The standard InChI is InChI=1S/C30H44F4N4O9/c1-44-26(41)17-35-8-12-37(23(19-39)16-22-4-6-24(7-5-22)47-21-30(33,34)29(31)32)13-9-36(18-27(42)45-2)11-15-38(14-10-35)25(20-40)28(43)46-3/h4-7,19,23,25,29,40H,8-18,20-21H2,1-3H3. The summed E-state index contributed by atoms with van der Waals surface area (Å²) in [6.45, 7) is 0.124. The summed E-state index contributed by atoms with van der Waals surface area (Å²) in [6, 6.07) is 4.14. The molecule has 1 aromatic carbocycles. The molecule has 0 saturated carbocycles. The fourth-order valence-corrected chi connectivity index (χ4v) is 4.92. The average Bonchev–Trinajstić information content (AvgIpc) is 3.06. The molecule has 1 aromatic rings. The molecule has 2 unspecified atom stereocenters. The number of halogens is 4. The third-order valence-corrected chi connectivity index (χ3v) is 7.81. The first-order chi connectivity index (χ1) is 22.4. The molecule has 0 spiro atoms. The lowest BCUT2D eigenvalue weighted by molar-refractivity contribution is -0.149. The number of alkyl halides is 4. The number of benzene rings is 1. The first-order valence-corrected chi connectivity index (χ1v) is 15.0. The van der Waals surface area contributed by atoms with E-state index < -0.39 is 55.6 Å². The molecule has 17 heteroatoms. The second-order valence-corrected chi connectivity index (χ2v) is 10.9. The Hall–Kier alpha value is -3.38. The van der Waals surface area contributed by atoms with E-state index in [0.29, 0.717) is 31.7 Å². The molecule has 0 aliphatic carbocycles. The lowest BCUT2D eigenvalue weighted by Gasteiger charge is -2.36. The van der Waals surface area contributed by atoms with Gasteiger partial charge in [0, 0.05) is 52.4 Å². The van der Waals surface area contributed by atoms with E-state index in [9.17, 15) is 41.8 Å². The minimum Gasteiger partial charge on any atom is -0.487 e. The first-order valence-electron chi connectivity index (χ1n) is 15.0. The summed E-state index contributed by atoms with van der Waals surface area (Å²) in [5.41, 5.74) is 0.646. The minimum atomic E-state index is -4.30. The maximum Gasteiger partial charge on any atom is 0.340 e. The van der Waals surface area contributed by atoms with E-state index in [0.717, 1.165) is 6.29 Å². The Morgan fingerprint density at radius 3 is 1.72 bits per heavy atom. The van der Waals surface area contributed by atoms with Crippen LogP contribution in [0.5, 0.6) is 5.75 Å². The normalized spacial score (nSPS) is 18.0. The monoisotopic (exact) mass is 680 g/mol. The van der Waals surface area contributed by atoms with Gasteiger partial charge in [0.2, 0.25) is 0 Å². The maximum absolute atomic E-state index is 13.2. The Labute approximate surface area is 271 Å². The van der Waals surface area contributed by atoms with Gasteiger partial charge >= 0.3 is 30.3 Å². The highest BCUT2D eigenvalue weighted by atomic mass is 19.3. The number of nitrogens with zero attached hydrogens (tertiary/aromatic N) is 4. The van der Waals surface area contributed by atoms with Gasteiger partial charge in [0.05, 0.1) is 47.1 Å². The molecule has 47 heavy (non-hydrogen) atoms. The van der Waals surface area contributed by atoms with Crippen molar-refractivity contribution in [2.75, 3.05) is 100.0 Å². The van der Waals surface area contributed by atoms with Gasteiger partial charge in [-0.1, -0.05) is 12.1 Å². The Bertz CT molecular complexity index is 1100. The molecule has 2 rings (SSSR count). The third kappa shape index (κ3) is 13.3. The van der Waals surface area contributed by atoms with Crippen LogP contribution in [0.25, 0.3) is 0 Å². The zero-order valence-electron chi connectivity index (χ0n) is 26.8. The number of carbonyl (C=O) groups excluding carboxylic acids is 4. The fraction of sp³-hybridized carbons (Fsp3) is 0.667. The molecule has 0 amide bonds. The summed E-state index contributed by atoms with van der Waals surface area (Å²) >= 11 is 0. The third-order valence-electron chi connectivity index (χ3n) is 7.81. The molecule has 266 valence electrons. The van der Waals surface area contributed by atoms with Crippen molar-refractivity contribution < 1.29 is 60.8 Å². The van der Waals surface area contributed by atoms with E-state index in [4.69, 9.17) is 18.9 Å². The summed E-state index contributed by atoms with van der Waals surface area (Å²) < 4.78 is 70.8. The van der Waals surface area contributed by atoms with Crippen LogP contribution in [-0.4, -0.2) is 173 Å². The molecular formula is C30H44F4N4O9. The Morgan fingerprint density at radius 1 is 0.830 bits per heavy atom. The molecular weight excluding hydrogens is 636 g/mol. The van der Waals surface area contributed by atoms with Crippen LogP contribution in [-0.2, 0) is 39.8 Å². The molecule has 1 fully saturated rings. The Balaban J connectivity index is 2.29. The van der Waals surface area contributed by atoms with Crippen LogP contribution in [0.1, 0.15) is 5.56 Å². The average molecular weight is 681 g/mol.